The minimum Gasteiger partial charge on any atom is -0.489 e. The number of hydrogen-bond acceptors (Lipinski definition) is 3. The van der Waals surface area contributed by atoms with Gasteiger partial charge in [0.15, 0.2) is 5.78 Å². The number of carbonyl (C=O) groups is 1. The van der Waals surface area contributed by atoms with Crippen molar-refractivity contribution in [2.24, 2.45) is 5.92 Å². The smallest absolute Gasteiger partial charge is 0.170 e. The molecule has 2 aliphatic rings. The molecule has 1 saturated heterocycles. The molecular weight excluding hydrogens is 296 g/mol. The lowest BCUT2D eigenvalue weighted by Crippen LogP contribution is -2.38. The van der Waals surface area contributed by atoms with Gasteiger partial charge in [-0.3, -0.25) is 4.79 Å². The summed E-state index contributed by atoms with van der Waals surface area (Å²) in [5, 5.41) is 0. The summed E-state index contributed by atoms with van der Waals surface area (Å²) in [6, 6.07) is 5.62. The Bertz CT molecular complexity index is 466. The van der Waals surface area contributed by atoms with Gasteiger partial charge in [-0.15, -0.1) is 0 Å². The Balaban J connectivity index is 1.82. The van der Waals surface area contributed by atoms with Crippen molar-refractivity contribution in [3.05, 3.63) is 28.2 Å². The highest BCUT2D eigenvalue weighted by Crippen LogP contribution is 2.34. The number of carbonyl (C=O) groups excluding carboxylic acids is 1. The number of hydrogen-bond donors (Lipinski definition) is 0. The second-order valence-electron chi connectivity index (χ2n) is 4.90. The zero-order valence-electron chi connectivity index (χ0n) is 10.0. The molecule has 0 bridgehead atoms. The average Bonchev–Trinajstić information content (AvgIpc) is 2.40. The van der Waals surface area contributed by atoms with Crippen LogP contribution in [0.5, 0.6) is 5.75 Å². The van der Waals surface area contributed by atoms with Crippen LogP contribution >= 0.6 is 15.9 Å². The van der Waals surface area contributed by atoms with Gasteiger partial charge >= 0.3 is 0 Å². The highest BCUT2D eigenvalue weighted by atomic mass is 79.9. The first kappa shape index (κ1) is 12.2. The topological polar surface area (TPSA) is 35.5 Å². The number of rotatable bonds is 1. The Kier molecular flexibility index (Phi) is 3.39. The van der Waals surface area contributed by atoms with Gasteiger partial charge in [-0.25, -0.2) is 0 Å². The predicted molar refractivity (Wildman–Crippen MR) is 71.0 cm³/mol. The van der Waals surface area contributed by atoms with Crippen LogP contribution in [0.25, 0.3) is 0 Å². The van der Waals surface area contributed by atoms with Crippen molar-refractivity contribution in [2.75, 3.05) is 13.2 Å². The van der Waals surface area contributed by atoms with Crippen molar-refractivity contribution in [2.45, 2.75) is 25.4 Å². The van der Waals surface area contributed by atoms with Crippen LogP contribution in [0.15, 0.2) is 22.7 Å². The van der Waals surface area contributed by atoms with E-state index in [0.717, 1.165) is 23.9 Å². The molecule has 0 aliphatic carbocycles. The Morgan fingerprint density at radius 2 is 2.22 bits per heavy atom. The summed E-state index contributed by atoms with van der Waals surface area (Å²) < 4.78 is 12.4. The van der Waals surface area contributed by atoms with Crippen molar-refractivity contribution in [3.8, 4) is 5.75 Å². The van der Waals surface area contributed by atoms with E-state index in [2.05, 4.69) is 15.9 Å². The van der Waals surface area contributed by atoms with Gasteiger partial charge in [-0.05, 0) is 31.0 Å². The molecule has 96 valence electrons. The van der Waals surface area contributed by atoms with Crippen LogP contribution in [0, 0.1) is 5.92 Å². The molecule has 2 aliphatic heterocycles. The fourth-order valence-corrected chi connectivity index (χ4v) is 3.00. The molecule has 4 heteroatoms. The molecule has 3 nitrogen and oxygen atoms in total. The van der Waals surface area contributed by atoms with Crippen LogP contribution in [-0.2, 0) is 4.74 Å². The molecular formula is C14H15BrO3. The van der Waals surface area contributed by atoms with E-state index < -0.39 is 0 Å². The molecule has 0 aromatic heterocycles. The highest BCUT2D eigenvalue weighted by Gasteiger charge is 2.33. The normalized spacial score (nSPS) is 27.5. The maximum Gasteiger partial charge on any atom is 0.170 e. The summed E-state index contributed by atoms with van der Waals surface area (Å²) in [7, 11) is 0. The van der Waals surface area contributed by atoms with Gasteiger partial charge in [0.2, 0.25) is 0 Å². The lowest BCUT2D eigenvalue weighted by atomic mass is 9.89. The summed E-state index contributed by atoms with van der Waals surface area (Å²) in [6.07, 6.45) is 2.60. The Morgan fingerprint density at radius 3 is 3.00 bits per heavy atom. The summed E-state index contributed by atoms with van der Waals surface area (Å²) in [5.41, 5.74) is 0.692. The van der Waals surface area contributed by atoms with Gasteiger partial charge in [-0.1, -0.05) is 15.9 Å². The third kappa shape index (κ3) is 2.31. The van der Waals surface area contributed by atoms with Gasteiger partial charge in [0, 0.05) is 23.4 Å². The zero-order chi connectivity index (χ0) is 12.5. The van der Waals surface area contributed by atoms with Crippen LogP contribution in [0.2, 0.25) is 0 Å². The van der Waals surface area contributed by atoms with E-state index in [0.29, 0.717) is 30.3 Å². The van der Waals surface area contributed by atoms with Gasteiger partial charge in [0.25, 0.3) is 0 Å². The SMILES string of the molecule is O=C1C[C@@H]([C@@H]2CCCOC2)Oc2ccc(Br)cc21. The molecule has 0 saturated carbocycles. The minimum atomic E-state index is -0.0218. The van der Waals surface area contributed by atoms with E-state index in [1.54, 1.807) is 0 Å². The maximum absolute atomic E-state index is 12.1. The quantitative estimate of drug-likeness (QED) is 0.799. The number of ketones is 1. The average molecular weight is 311 g/mol. The van der Waals surface area contributed by atoms with Crippen LogP contribution in [0.4, 0.5) is 0 Å². The number of fused-ring (bicyclic) bond motifs is 1. The molecule has 0 N–H and O–H groups in total. The summed E-state index contributed by atoms with van der Waals surface area (Å²) in [5.74, 6) is 1.23. The first-order valence-electron chi connectivity index (χ1n) is 6.31. The molecule has 18 heavy (non-hydrogen) atoms. The van der Waals surface area contributed by atoms with E-state index in [9.17, 15) is 4.79 Å². The van der Waals surface area contributed by atoms with Crippen molar-refractivity contribution in [1.82, 2.24) is 0 Å². The first-order valence-corrected chi connectivity index (χ1v) is 7.10. The van der Waals surface area contributed by atoms with Gasteiger partial charge in [0.1, 0.15) is 11.9 Å². The second kappa shape index (κ2) is 5.02. The number of ether oxygens (including phenoxy) is 2. The van der Waals surface area contributed by atoms with E-state index in [1.165, 1.54) is 0 Å². The largest absolute Gasteiger partial charge is 0.489 e. The van der Waals surface area contributed by atoms with Crippen molar-refractivity contribution in [3.63, 3.8) is 0 Å². The minimum absolute atomic E-state index is 0.0218. The van der Waals surface area contributed by atoms with E-state index in [-0.39, 0.29) is 11.9 Å². The number of Topliss-reactive ketones (excluding diaryl/α,β-unsaturated/α-hetero) is 1. The van der Waals surface area contributed by atoms with E-state index in [1.807, 2.05) is 18.2 Å². The molecule has 2 atom stereocenters. The van der Waals surface area contributed by atoms with Crippen LogP contribution in [0.1, 0.15) is 29.6 Å². The molecule has 3 rings (SSSR count). The van der Waals surface area contributed by atoms with E-state index >= 15 is 0 Å². The Labute approximate surface area is 115 Å². The first-order chi connectivity index (χ1) is 8.74. The lowest BCUT2D eigenvalue weighted by molar-refractivity contribution is -0.00364. The van der Waals surface area contributed by atoms with E-state index in [4.69, 9.17) is 9.47 Å². The van der Waals surface area contributed by atoms with Crippen LogP contribution in [-0.4, -0.2) is 25.1 Å². The predicted octanol–water partition coefficient (Wildman–Crippen LogP) is 3.21. The van der Waals surface area contributed by atoms with Crippen LogP contribution < -0.4 is 4.74 Å². The van der Waals surface area contributed by atoms with Crippen LogP contribution in [0.3, 0.4) is 0 Å². The van der Waals surface area contributed by atoms with Gasteiger partial charge < -0.3 is 9.47 Å². The van der Waals surface area contributed by atoms with Crippen molar-refractivity contribution in [1.29, 1.82) is 0 Å². The Morgan fingerprint density at radius 1 is 1.33 bits per heavy atom. The lowest BCUT2D eigenvalue weighted by Gasteiger charge is -2.33. The monoisotopic (exact) mass is 310 g/mol. The van der Waals surface area contributed by atoms with Gasteiger partial charge in [0.05, 0.1) is 12.2 Å². The molecule has 0 unspecified atom stereocenters. The molecule has 1 aromatic rings. The molecule has 1 fully saturated rings. The maximum atomic E-state index is 12.1. The summed E-state index contributed by atoms with van der Waals surface area (Å²) >= 11 is 3.38. The number of halogens is 1. The molecule has 1 aromatic carbocycles. The summed E-state index contributed by atoms with van der Waals surface area (Å²) in [6.45, 7) is 1.55. The highest BCUT2D eigenvalue weighted by molar-refractivity contribution is 9.10. The molecule has 2 heterocycles. The fraction of sp³-hybridized carbons (Fsp3) is 0.500. The molecule has 0 amide bonds. The standard InChI is InChI=1S/C14H15BrO3/c15-10-3-4-13-11(6-10)12(16)7-14(18-13)9-2-1-5-17-8-9/h3-4,6,9,14H,1-2,5,7-8H2/t9-,14+/m1/s1. The number of benzene rings is 1. The third-order valence-electron chi connectivity index (χ3n) is 3.63. The second-order valence-corrected chi connectivity index (χ2v) is 5.82. The Hall–Kier alpha value is -0.870. The van der Waals surface area contributed by atoms with Gasteiger partial charge in [-0.2, -0.15) is 0 Å². The molecule has 0 spiro atoms. The van der Waals surface area contributed by atoms with Crippen molar-refractivity contribution >= 4 is 21.7 Å². The van der Waals surface area contributed by atoms with Crippen molar-refractivity contribution < 1.29 is 14.3 Å². The zero-order valence-corrected chi connectivity index (χ0v) is 11.6. The third-order valence-corrected chi connectivity index (χ3v) is 4.12. The molecule has 0 radical (unpaired) electrons. The summed E-state index contributed by atoms with van der Waals surface area (Å²) in [4.78, 5) is 12.1. The fourth-order valence-electron chi connectivity index (χ4n) is 2.64.